The lowest BCUT2D eigenvalue weighted by Gasteiger charge is -2.30. The number of carbonyl (C=O) groups excluding carboxylic acids is 1. The monoisotopic (exact) mass is 408 g/mol. The number of carbonyl (C=O) groups is 1. The van der Waals surface area contributed by atoms with Gasteiger partial charge in [0.15, 0.2) is 0 Å². The second-order valence-corrected chi connectivity index (χ2v) is 8.77. The molecule has 0 saturated carbocycles. The highest BCUT2D eigenvalue weighted by Gasteiger charge is 2.25. The van der Waals surface area contributed by atoms with Crippen LogP contribution in [0.4, 0.5) is 0 Å². The van der Waals surface area contributed by atoms with E-state index in [1.54, 1.807) is 47.4 Å². The van der Waals surface area contributed by atoms with Crippen molar-refractivity contribution in [2.24, 2.45) is 0 Å². The van der Waals surface area contributed by atoms with Crippen LogP contribution < -0.4 is 4.72 Å². The number of benzene rings is 2. The average Bonchev–Trinajstić information content (AvgIpc) is 2.66. The van der Waals surface area contributed by atoms with E-state index in [0.29, 0.717) is 24.5 Å². The molecule has 1 unspecified atom stereocenters. The van der Waals surface area contributed by atoms with E-state index in [1.165, 1.54) is 6.92 Å². The summed E-state index contributed by atoms with van der Waals surface area (Å²) >= 11 is 5.84. The van der Waals surface area contributed by atoms with Crippen LogP contribution in [0.15, 0.2) is 47.4 Å². The lowest BCUT2D eigenvalue weighted by atomic mass is 9.99. The van der Waals surface area contributed by atoms with Gasteiger partial charge in [0.1, 0.15) is 6.10 Å². The summed E-state index contributed by atoms with van der Waals surface area (Å²) in [6, 6.07) is 11.9. The molecule has 0 spiro atoms. The van der Waals surface area contributed by atoms with Crippen LogP contribution in [0.2, 0.25) is 5.02 Å². The largest absolute Gasteiger partial charge is 0.384 e. The first-order chi connectivity index (χ1) is 12.8. The summed E-state index contributed by atoms with van der Waals surface area (Å²) in [6.45, 7) is 2.39. The van der Waals surface area contributed by atoms with Crippen molar-refractivity contribution < 1.29 is 18.3 Å². The van der Waals surface area contributed by atoms with E-state index in [9.17, 15) is 18.3 Å². The van der Waals surface area contributed by atoms with Crippen LogP contribution in [0.25, 0.3) is 0 Å². The van der Waals surface area contributed by atoms with Gasteiger partial charge in [-0.1, -0.05) is 29.8 Å². The van der Waals surface area contributed by atoms with Crippen LogP contribution in [-0.4, -0.2) is 37.0 Å². The zero-order chi connectivity index (χ0) is 19.6. The van der Waals surface area contributed by atoms with Crippen molar-refractivity contribution in [2.45, 2.75) is 37.4 Å². The van der Waals surface area contributed by atoms with E-state index in [-0.39, 0.29) is 17.3 Å². The molecule has 8 heteroatoms. The lowest BCUT2D eigenvalue weighted by molar-refractivity contribution is -0.140. The van der Waals surface area contributed by atoms with Gasteiger partial charge in [-0.3, -0.25) is 4.79 Å². The topological polar surface area (TPSA) is 86.7 Å². The molecule has 1 heterocycles. The molecule has 27 heavy (non-hydrogen) atoms. The minimum absolute atomic E-state index is 0.154. The van der Waals surface area contributed by atoms with Gasteiger partial charge in [0, 0.05) is 24.7 Å². The maximum absolute atomic E-state index is 12.6. The van der Waals surface area contributed by atoms with E-state index >= 15 is 0 Å². The van der Waals surface area contributed by atoms with Gasteiger partial charge in [0.25, 0.3) is 5.91 Å². The van der Waals surface area contributed by atoms with Crippen molar-refractivity contribution >= 4 is 27.5 Å². The van der Waals surface area contributed by atoms with Crippen molar-refractivity contribution in [2.75, 3.05) is 6.54 Å². The number of aliphatic hydroxyl groups excluding tert-OH is 1. The molecule has 2 N–H and O–H groups in total. The Balaban J connectivity index is 1.76. The van der Waals surface area contributed by atoms with Crippen LogP contribution in [0.1, 0.15) is 23.6 Å². The second-order valence-electron chi connectivity index (χ2n) is 6.57. The minimum atomic E-state index is -3.69. The second kappa shape index (κ2) is 7.98. The van der Waals surface area contributed by atoms with Crippen molar-refractivity contribution in [1.82, 2.24) is 9.62 Å². The predicted octanol–water partition coefficient (Wildman–Crippen LogP) is 2.08. The SMILES string of the molecule is CC(O)C(=O)N1CCc2ccc(S(=O)(=O)NCc3ccc(Cl)cc3)cc2C1. The Morgan fingerprint density at radius 3 is 2.59 bits per heavy atom. The number of nitrogens with zero attached hydrogens (tertiary/aromatic N) is 1. The van der Waals surface area contributed by atoms with Crippen LogP contribution in [0, 0.1) is 0 Å². The molecule has 0 fully saturated rings. The van der Waals surface area contributed by atoms with Crippen molar-refractivity contribution in [3.63, 3.8) is 0 Å². The lowest BCUT2D eigenvalue weighted by Crippen LogP contribution is -2.41. The summed E-state index contributed by atoms with van der Waals surface area (Å²) in [7, 11) is -3.69. The number of nitrogens with one attached hydrogen (secondary N) is 1. The number of hydrogen-bond acceptors (Lipinski definition) is 4. The minimum Gasteiger partial charge on any atom is -0.384 e. The quantitative estimate of drug-likeness (QED) is 0.793. The van der Waals surface area contributed by atoms with Crippen LogP contribution in [-0.2, 0) is 34.3 Å². The van der Waals surface area contributed by atoms with Gasteiger partial charge >= 0.3 is 0 Å². The Hall–Kier alpha value is -1.93. The molecular formula is C19H21ClN2O4S. The zero-order valence-corrected chi connectivity index (χ0v) is 16.4. The molecule has 0 saturated heterocycles. The highest BCUT2D eigenvalue weighted by Crippen LogP contribution is 2.23. The fourth-order valence-corrected chi connectivity index (χ4v) is 4.21. The van der Waals surface area contributed by atoms with Gasteiger partial charge in [-0.2, -0.15) is 0 Å². The molecule has 0 aromatic heterocycles. The highest BCUT2D eigenvalue weighted by atomic mass is 35.5. The third-order valence-corrected chi connectivity index (χ3v) is 6.20. The number of rotatable bonds is 5. The fourth-order valence-electron chi connectivity index (χ4n) is 3.02. The van der Waals surface area contributed by atoms with Gasteiger partial charge in [-0.25, -0.2) is 13.1 Å². The number of amides is 1. The molecule has 0 aliphatic carbocycles. The van der Waals surface area contributed by atoms with E-state index in [1.807, 2.05) is 0 Å². The predicted molar refractivity (Wildman–Crippen MR) is 103 cm³/mol. The number of aliphatic hydroxyl groups is 1. The Morgan fingerprint density at radius 2 is 1.93 bits per heavy atom. The molecule has 2 aromatic carbocycles. The summed E-state index contributed by atoms with van der Waals surface area (Å²) in [6.07, 6.45) is -0.439. The van der Waals surface area contributed by atoms with Crippen molar-refractivity contribution in [1.29, 1.82) is 0 Å². The first kappa shape index (κ1) is 19.8. The van der Waals surface area contributed by atoms with Gasteiger partial charge < -0.3 is 10.0 Å². The summed E-state index contributed by atoms with van der Waals surface area (Å²) < 4.78 is 27.8. The number of hydrogen-bond donors (Lipinski definition) is 2. The Morgan fingerprint density at radius 1 is 1.22 bits per heavy atom. The Labute approximate surface area is 163 Å². The first-order valence-electron chi connectivity index (χ1n) is 8.59. The van der Waals surface area contributed by atoms with Gasteiger partial charge in [0.2, 0.25) is 10.0 Å². The number of halogens is 1. The normalized spacial score (nSPS) is 15.3. The van der Waals surface area contributed by atoms with E-state index in [4.69, 9.17) is 11.6 Å². The van der Waals surface area contributed by atoms with E-state index in [2.05, 4.69) is 4.72 Å². The first-order valence-corrected chi connectivity index (χ1v) is 10.4. The van der Waals surface area contributed by atoms with Crippen LogP contribution in [0.3, 0.4) is 0 Å². The maximum Gasteiger partial charge on any atom is 0.251 e. The van der Waals surface area contributed by atoms with Crippen molar-refractivity contribution in [3.05, 3.63) is 64.2 Å². The summed E-state index contributed by atoms with van der Waals surface area (Å²) in [5, 5.41) is 10.1. The maximum atomic E-state index is 12.6. The third-order valence-electron chi connectivity index (χ3n) is 4.55. The smallest absolute Gasteiger partial charge is 0.251 e. The summed E-state index contributed by atoms with van der Waals surface area (Å²) in [5.74, 6) is -0.352. The molecule has 1 amide bonds. The molecule has 3 rings (SSSR count). The summed E-state index contributed by atoms with van der Waals surface area (Å²) in [5.41, 5.74) is 2.60. The molecule has 0 radical (unpaired) electrons. The average molecular weight is 409 g/mol. The molecule has 144 valence electrons. The number of fused-ring (bicyclic) bond motifs is 1. The third kappa shape index (κ3) is 4.68. The molecule has 0 bridgehead atoms. The standard InChI is InChI=1S/C19H21ClN2O4S/c1-13(23)19(24)22-9-8-15-4-7-18(10-16(15)12-22)27(25,26)21-11-14-2-5-17(20)6-3-14/h2-7,10,13,21,23H,8-9,11-12H2,1H3. The molecule has 6 nitrogen and oxygen atoms in total. The zero-order valence-electron chi connectivity index (χ0n) is 14.9. The molecule has 1 aliphatic rings. The van der Waals surface area contributed by atoms with Crippen LogP contribution >= 0.6 is 11.6 Å². The molecule has 1 atom stereocenters. The van der Waals surface area contributed by atoms with Crippen LogP contribution in [0.5, 0.6) is 0 Å². The molecular weight excluding hydrogens is 388 g/mol. The Kier molecular flexibility index (Phi) is 5.86. The van der Waals surface area contributed by atoms with E-state index < -0.39 is 16.1 Å². The number of sulfonamides is 1. The van der Waals surface area contributed by atoms with Gasteiger partial charge in [-0.05, 0) is 54.3 Å². The van der Waals surface area contributed by atoms with Gasteiger partial charge in [0.05, 0.1) is 4.90 Å². The molecule has 1 aliphatic heterocycles. The molecule has 2 aromatic rings. The Bertz CT molecular complexity index is 943. The van der Waals surface area contributed by atoms with Crippen molar-refractivity contribution in [3.8, 4) is 0 Å². The highest BCUT2D eigenvalue weighted by molar-refractivity contribution is 7.89. The fraction of sp³-hybridized carbons (Fsp3) is 0.316. The van der Waals surface area contributed by atoms with E-state index in [0.717, 1.165) is 16.7 Å². The van der Waals surface area contributed by atoms with Gasteiger partial charge in [-0.15, -0.1) is 0 Å². The summed E-state index contributed by atoms with van der Waals surface area (Å²) in [4.78, 5) is 13.7.